The Hall–Kier alpha value is -3.03. The van der Waals surface area contributed by atoms with Crippen LogP contribution in [0.3, 0.4) is 0 Å². The van der Waals surface area contributed by atoms with Gasteiger partial charge in [0.05, 0.1) is 19.1 Å². The van der Waals surface area contributed by atoms with Crippen LogP contribution in [0, 0.1) is 0 Å². The number of imidazole rings is 1. The van der Waals surface area contributed by atoms with Gasteiger partial charge >= 0.3 is 6.03 Å². The average Bonchev–Trinajstić information content (AvgIpc) is 3.29. The molecule has 1 aromatic carbocycles. The zero-order valence-corrected chi connectivity index (χ0v) is 14.8. The monoisotopic (exact) mass is 357 g/mol. The van der Waals surface area contributed by atoms with Crippen molar-refractivity contribution in [3.63, 3.8) is 0 Å². The molecule has 1 saturated heterocycles. The molecule has 1 fully saturated rings. The Morgan fingerprint density at radius 3 is 2.92 bits per heavy atom. The van der Waals surface area contributed by atoms with E-state index in [1.54, 1.807) is 29.4 Å². The molecule has 1 N–H and O–H groups in total. The van der Waals surface area contributed by atoms with E-state index >= 15 is 0 Å². The van der Waals surface area contributed by atoms with Crippen LogP contribution in [0.4, 0.5) is 10.5 Å². The first-order valence-electron chi connectivity index (χ1n) is 8.61. The fourth-order valence-corrected chi connectivity index (χ4v) is 2.94. The fraction of sp³-hybridized carbons (Fsp3) is 0.389. The number of ether oxygens (including phenoxy) is 1. The Morgan fingerprint density at radius 1 is 1.31 bits per heavy atom. The predicted octanol–water partition coefficient (Wildman–Crippen LogP) is 1.34. The van der Waals surface area contributed by atoms with Gasteiger partial charge in [-0.15, -0.1) is 0 Å². The van der Waals surface area contributed by atoms with Crippen molar-refractivity contribution in [2.75, 3.05) is 38.2 Å². The largest absolute Gasteiger partial charge is 0.495 e. The number of hydrogen-bond acceptors (Lipinski definition) is 4. The number of amides is 3. The summed E-state index contributed by atoms with van der Waals surface area (Å²) in [7, 11) is 1.58. The number of methoxy groups -OCH3 is 1. The molecule has 1 aliphatic rings. The molecule has 0 spiro atoms. The summed E-state index contributed by atoms with van der Waals surface area (Å²) in [6.07, 6.45) is 6.17. The Labute approximate surface area is 152 Å². The van der Waals surface area contributed by atoms with E-state index in [9.17, 15) is 9.59 Å². The number of anilines is 1. The van der Waals surface area contributed by atoms with E-state index in [1.165, 1.54) is 0 Å². The second kappa shape index (κ2) is 8.37. The zero-order valence-electron chi connectivity index (χ0n) is 14.8. The zero-order chi connectivity index (χ0) is 18.4. The van der Waals surface area contributed by atoms with E-state index in [1.807, 2.05) is 35.0 Å². The number of aryl methyl sites for hydroxylation is 1. The van der Waals surface area contributed by atoms with Crippen LogP contribution < -0.4 is 15.0 Å². The highest BCUT2D eigenvalue weighted by molar-refractivity contribution is 5.97. The van der Waals surface area contributed by atoms with Crippen molar-refractivity contribution in [2.45, 2.75) is 13.0 Å². The molecular formula is C18H23N5O3. The molecule has 0 radical (unpaired) electrons. The van der Waals surface area contributed by atoms with Crippen LogP contribution in [0.2, 0.25) is 0 Å². The van der Waals surface area contributed by atoms with Crippen LogP contribution in [-0.4, -0.2) is 59.7 Å². The number of para-hydroxylation sites is 2. The molecule has 0 saturated carbocycles. The maximum atomic E-state index is 12.6. The van der Waals surface area contributed by atoms with Crippen LogP contribution in [0.25, 0.3) is 0 Å². The molecule has 138 valence electrons. The lowest BCUT2D eigenvalue weighted by molar-refractivity contribution is -0.121. The van der Waals surface area contributed by atoms with Gasteiger partial charge in [0.25, 0.3) is 0 Å². The third-order valence-corrected chi connectivity index (χ3v) is 4.28. The molecule has 2 heterocycles. The van der Waals surface area contributed by atoms with E-state index in [0.717, 1.165) is 18.7 Å². The summed E-state index contributed by atoms with van der Waals surface area (Å²) >= 11 is 0. The van der Waals surface area contributed by atoms with E-state index in [2.05, 4.69) is 10.3 Å². The number of benzene rings is 1. The van der Waals surface area contributed by atoms with Crippen LogP contribution >= 0.6 is 0 Å². The van der Waals surface area contributed by atoms with Gasteiger partial charge in [0.2, 0.25) is 5.91 Å². The number of nitrogens with zero attached hydrogens (tertiary/aromatic N) is 4. The highest BCUT2D eigenvalue weighted by Crippen LogP contribution is 2.30. The smallest absolute Gasteiger partial charge is 0.325 e. The summed E-state index contributed by atoms with van der Waals surface area (Å²) in [4.78, 5) is 31.9. The molecule has 8 nitrogen and oxygen atoms in total. The number of rotatable bonds is 8. The summed E-state index contributed by atoms with van der Waals surface area (Å²) in [5.74, 6) is 0.498. The van der Waals surface area contributed by atoms with E-state index in [-0.39, 0.29) is 18.5 Å². The lowest BCUT2D eigenvalue weighted by Crippen LogP contribution is -2.40. The first-order valence-corrected chi connectivity index (χ1v) is 8.61. The standard InChI is InChI=1S/C18H23N5O3/c1-26-16-6-3-2-5-15(16)23-12-11-22(18(23)25)13-17(24)20-7-4-9-21-10-8-19-14-21/h2-3,5-6,8,10,14H,4,7,9,11-13H2,1H3,(H,20,24). The molecule has 26 heavy (non-hydrogen) atoms. The molecule has 0 atom stereocenters. The molecule has 8 heteroatoms. The second-order valence-electron chi connectivity index (χ2n) is 6.03. The topological polar surface area (TPSA) is 79.7 Å². The van der Waals surface area contributed by atoms with Crippen LogP contribution in [0.5, 0.6) is 5.75 Å². The summed E-state index contributed by atoms with van der Waals surface area (Å²) in [6.45, 7) is 2.47. The van der Waals surface area contributed by atoms with Crippen molar-refractivity contribution in [2.24, 2.45) is 0 Å². The molecule has 3 amide bonds. The van der Waals surface area contributed by atoms with Crippen LogP contribution in [0.15, 0.2) is 43.0 Å². The average molecular weight is 357 g/mol. The second-order valence-corrected chi connectivity index (χ2v) is 6.03. The minimum Gasteiger partial charge on any atom is -0.495 e. The molecule has 1 aliphatic heterocycles. The molecule has 0 bridgehead atoms. The Bertz CT molecular complexity index is 747. The Morgan fingerprint density at radius 2 is 2.15 bits per heavy atom. The predicted molar refractivity (Wildman–Crippen MR) is 97.2 cm³/mol. The van der Waals surface area contributed by atoms with Gasteiger partial charge in [-0.05, 0) is 18.6 Å². The molecule has 0 aliphatic carbocycles. The third kappa shape index (κ3) is 4.14. The maximum absolute atomic E-state index is 12.6. The van der Waals surface area contributed by atoms with Crippen molar-refractivity contribution in [3.05, 3.63) is 43.0 Å². The number of urea groups is 1. The van der Waals surface area contributed by atoms with E-state index in [0.29, 0.717) is 25.4 Å². The summed E-state index contributed by atoms with van der Waals surface area (Å²) in [5.41, 5.74) is 0.725. The summed E-state index contributed by atoms with van der Waals surface area (Å²) < 4.78 is 7.28. The molecule has 2 aromatic rings. The van der Waals surface area contributed by atoms with Crippen molar-refractivity contribution in [1.82, 2.24) is 19.8 Å². The SMILES string of the molecule is COc1ccccc1N1CCN(CC(=O)NCCCn2ccnc2)C1=O. The summed E-state index contributed by atoms with van der Waals surface area (Å²) in [5, 5.41) is 2.86. The quantitative estimate of drug-likeness (QED) is 0.723. The molecule has 1 aromatic heterocycles. The number of carbonyl (C=O) groups excluding carboxylic acids is 2. The van der Waals surface area contributed by atoms with Crippen LogP contribution in [-0.2, 0) is 11.3 Å². The van der Waals surface area contributed by atoms with Gasteiger partial charge in [0.1, 0.15) is 12.3 Å². The van der Waals surface area contributed by atoms with Gasteiger partial charge in [-0.25, -0.2) is 9.78 Å². The van der Waals surface area contributed by atoms with E-state index < -0.39 is 0 Å². The lowest BCUT2D eigenvalue weighted by atomic mass is 10.2. The first-order chi connectivity index (χ1) is 12.7. The molecule has 3 rings (SSSR count). The lowest BCUT2D eigenvalue weighted by Gasteiger charge is -2.20. The number of nitrogens with one attached hydrogen (secondary N) is 1. The number of carbonyl (C=O) groups is 2. The normalized spacial score (nSPS) is 14.0. The van der Waals surface area contributed by atoms with Gasteiger partial charge < -0.3 is 19.5 Å². The van der Waals surface area contributed by atoms with Crippen molar-refractivity contribution in [1.29, 1.82) is 0 Å². The maximum Gasteiger partial charge on any atom is 0.325 e. The molecule has 0 unspecified atom stereocenters. The van der Waals surface area contributed by atoms with Crippen molar-refractivity contribution < 1.29 is 14.3 Å². The van der Waals surface area contributed by atoms with Crippen molar-refractivity contribution in [3.8, 4) is 5.75 Å². The van der Waals surface area contributed by atoms with Gasteiger partial charge in [-0.3, -0.25) is 9.69 Å². The minimum absolute atomic E-state index is 0.0650. The number of hydrogen-bond donors (Lipinski definition) is 1. The van der Waals surface area contributed by atoms with Crippen LogP contribution in [0.1, 0.15) is 6.42 Å². The highest BCUT2D eigenvalue weighted by Gasteiger charge is 2.32. The van der Waals surface area contributed by atoms with Gasteiger partial charge in [0.15, 0.2) is 0 Å². The van der Waals surface area contributed by atoms with Gasteiger partial charge in [-0.1, -0.05) is 12.1 Å². The van der Waals surface area contributed by atoms with Crippen molar-refractivity contribution >= 4 is 17.6 Å². The molecular weight excluding hydrogens is 334 g/mol. The highest BCUT2D eigenvalue weighted by atomic mass is 16.5. The van der Waals surface area contributed by atoms with Gasteiger partial charge in [-0.2, -0.15) is 0 Å². The first kappa shape index (κ1) is 17.8. The van der Waals surface area contributed by atoms with E-state index in [4.69, 9.17) is 4.74 Å². The fourth-order valence-electron chi connectivity index (χ4n) is 2.94. The number of aromatic nitrogens is 2. The minimum atomic E-state index is -0.178. The van der Waals surface area contributed by atoms with Gasteiger partial charge in [0, 0.05) is 38.6 Å². The Kier molecular flexibility index (Phi) is 5.73. The Balaban J connectivity index is 1.46. The third-order valence-electron chi connectivity index (χ3n) is 4.28. The summed E-state index contributed by atoms with van der Waals surface area (Å²) in [6, 6.07) is 7.20.